The smallest absolute Gasteiger partial charge is 0.122 e. The number of aromatic nitrogens is 2. The van der Waals surface area contributed by atoms with Gasteiger partial charge in [-0.05, 0) is 57.8 Å². The first-order valence-corrected chi connectivity index (χ1v) is 8.12. The minimum Gasteiger partial charge on any atom is -0.334 e. The lowest BCUT2D eigenvalue weighted by atomic mass is 9.96. The van der Waals surface area contributed by atoms with Crippen molar-refractivity contribution >= 4 is 0 Å². The number of nitrogens with zero attached hydrogens (tertiary/aromatic N) is 3. The van der Waals surface area contributed by atoms with Crippen molar-refractivity contribution in [1.29, 1.82) is 0 Å². The molecule has 4 heteroatoms. The van der Waals surface area contributed by atoms with Gasteiger partial charge in [-0.1, -0.05) is 13.8 Å². The van der Waals surface area contributed by atoms with E-state index < -0.39 is 0 Å². The minimum absolute atomic E-state index is 0.753. The molecule has 0 unspecified atom stereocenters. The summed E-state index contributed by atoms with van der Waals surface area (Å²) in [5.74, 6) is 2.82. The van der Waals surface area contributed by atoms with Gasteiger partial charge in [-0.2, -0.15) is 0 Å². The zero-order chi connectivity index (χ0) is 14.4. The van der Waals surface area contributed by atoms with E-state index in [2.05, 4.69) is 46.7 Å². The third-order valence-corrected chi connectivity index (χ3v) is 4.20. The van der Waals surface area contributed by atoms with Gasteiger partial charge in [0.2, 0.25) is 0 Å². The Labute approximate surface area is 123 Å². The Bertz CT molecular complexity index is 378. The normalized spacial score (nSPS) is 18.0. The second-order valence-corrected chi connectivity index (χ2v) is 6.40. The maximum Gasteiger partial charge on any atom is 0.122 e. The van der Waals surface area contributed by atoms with E-state index in [1.165, 1.54) is 38.3 Å². The standard InChI is InChI=1S/C16H30N4/c1-4-20-10-7-18-16(20)13-19-8-5-15(6-9-19)12-17-11-14(2)3/h7,10,14-15,17H,4-6,8-9,11-13H2,1-3H3. The maximum absolute atomic E-state index is 4.48. The van der Waals surface area contributed by atoms with Crippen LogP contribution in [0.25, 0.3) is 0 Å². The second kappa shape index (κ2) is 7.79. The van der Waals surface area contributed by atoms with Crippen LogP contribution in [0.5, 0.6) is 0 Å². The minimum atomic E-state index is 0.753. The molecule has 1 aromatic heterocycles. The van der Waals surface area contributed by atoms with Gasteiger partial charge >= 0.3 is 0 Å². The van der Waals surface area contributed by atoms with Gasteiger partial charge in [0.1, 0.15) is 5.82 Å². The molecule has 1 aromatic rings. The fraction of sp³-hybridized carbons (Fsp3) is 0.812. The van der Waals surface area contributed by atoms with Gasteiger partial charge < -0.3 is 9.88 Å². The van der Waals surface area contributed by atoms with Gasteiger partial charge in [-0.25, -0.2) is 4.98 Å². The van der Waals surface area contributed by atoms with Crippen LogP contribution in [-0.2, 0) is 13.1 Å². The van der Waals surface area contributed by atoms with Crippen molar-refractivity contribution in [3.05, 3.63) is 18.2 Å². The first kappa shape index (κ1) is 15.5. The Hall–Kier alpha value is -0.870. The number of likely N-dealkylation sites (tertiary alicyclic amines) is 1. The van der Waals surface area contributed by atoms with Crippen LogP contribution in [0, 0.1) is 11.8 Å². The van der Waals surface area contributed by atoms with Crippen LogP contribution in [0.2, 0.25) is 0 Å². The van der Waals surface area contributed by atoms with Crippen molar-refractivity contribution in [3.63, 3.8) is 0 Å². The summed E-state index contributed by atoms with van der Waals surface area (Å²) in [5.41, 5.74) is 0. The molecule has 1 aliphatic rings. The van der Waals surface area contributed by atoms with E-state index in [1.807, 2.05) is 6.20 Å². The van der Waals surface area contributed by atoms with Crippen molar-refractivity contribution in [2.45, 2.75) is 46.7 Å². The fourth-order valence-electron chi connectivity index (χ4n) is 2.90. The van der Waals surface area contributed by atoms with Crippen molar-refractivity contribution in [3.8, 4) is 0 Å². The molecule has 0 bridgehead atoms. The van der Waals surface area contributed by atoms with Crippen molar-refractivity contribution in [1.82, 2.24) is 19.8 Å². The van der Waals surface area contributed by atoms with Gasteiger partial charge in [-0.3, -0.25) is 4.90 Å². The molecular formula is C16H30N4. The van der Waals surface area contributed by atoms with E-state index in [4.69, 9.17) is 0 Å². The molecule has 0 aromatic carbocycles. The van der Waals surface area contributed by atoms with E-state index in [1.54, 1.807) is 0 Å². The highest BCUT2D eigenvalue weighted by Gasteiger charge is 2.20. The van der Waals surface area contributed by atoms with Crippen LogP contribution in [0.1, 0.15) is 39.4 Å². The van der Waals surface area contributed by atoms with Crippen molar-refractivity contribution < 1.29 is 0 Å². The third kappa shape index (κ3) is 4.60. The van der Waals surface area contributed by atoms with Crippen molar-refractivity contribution in [2.75, 3.05) is 26.2 Å². The zero-order valence-electron chi connectivity index (χ0n) is 13.3. The predicted molar refractivity (Wildman–Crippen MR) is 83.6 cm³/mol. The first-order valence-electron chi connectivity index (χ1n) is 8.12. The topological polar surface area (TPSA) is 33.1 Å². The molecule has 20 heavy (non-hydrogen) atoms. The largest absolute Gasteiger partial charge is 0.334 e. The molecule has 4 nitrogen and oxygen atoms in total. The molecule has 0 spiro atoms. The van der Waals surface area contributed by atoms with Gasteiger partial charge in [0.15, 0.2) is 0 Å². The lowest BCUT2D eigenvalue weighted by Gasteiger charge is -2.32. The van der Waals surface area contributed by atoms with E-state index in [0.29, 0.717) is 0 Å². The highest BCUT2D eigenvalue weighted by Crippen LogP contribution is 2.18. The zero-order valence-corrected chi connectivity index (χ0v) is 13.3. The number of aryl methyl sites for hydroxylation is 1. The maximum atomic E-state index is 4.48. The monoisotopic (exact) mass is 278 g/mol. The van der Waals surface area contributed by atoms with Crippen LogP contribution in [0.4, 0.5) is 0 Å². The molecule has 0 amide bonds. The number of rotatable bonds is 7. The molecule has 114 valence electrons. The number of hydrogen-bond donors (Lipinski definition) is 1. The summed E-state index contributed by atoms with van der Waals surface area (Å²) in [6.45, 7) is 13.5. The van der Waals surface area contributed by atoms with E-state index in [9.17, 15) is 0 Å². The van der Waals surface area contributed by atoms with E-state index in [0.717, 1.165) is 31.5 Å². The average Bonchev–Trinajstić information content (AvgIpc) is 2.87. The summed E-state index contributed by atoms with van der Waals surface area (Å²) in [6.07, 6.45) is 6.63. The molecule has 0 aliphatic carbocycles. The SMILES string of the molecule is CCn1ccnc1CN1CCC(CNCC(C)C)CC1. The van der Waals surface area contributed by atoms with E-state index >= 15 is 0 Å². The number of imidazole rings is 1. The molecule has 1 fully saturated rings. The van der Waals surface area contributed by atoms with Crippen LogP contribution < -0.4 is 5.32 Å². The van der Waals surface area contributed by atoms with Gasteiger partial charge in [-0.15, -0.1) is 0 Å². The van der Waals surface area contributed by atoms with E-state index in [-0.39, 0.29) is 0 Å². The van der Waals surface area contributed by atoms with Crippen LogP contribution in [-0.4, -0.2) is 40.6 Å². The third-order valence-electron chi connectivity index (χ3n) is 4.20. The van der Waals surface area contributed by atoms with Gasteiger partial charge in [0.25, 0.3) is 0 Å². The second-order valence-electron chi connectivity index (χ2n) is 6.40. The molecule has 2 heterocycles. The van der Waals surface area contributed by atoms with Gasteiger partial charge in [0, 0.05) is 18.9 Å². The summed E-state index contributed by atoms with van der Waals surface area (Å²) < 4.78 is 2.25. The predicted octanol–water partition coefficient (Wildman–Crippen LogP) is 2.36. The number of nitrogens with one attached hydrogen (secondary N) is 1. The first-order chi connectivity index (χ1) is 9.69. The summed E-state index contributed by atoms with van der Waals surface area (Å²) in [7, 11) is 0. The lowest BCUT2D eigenvalue weighted by molar-refractivity contribution is 0.170. The Morgan fingerprint density at radius 3 is 2.75 bits per heavy atom. The molecule has 1 saturated heterocycles. The van der Waals surface area contributed by atoms with Crippen LogP contribution >= 0.6 is 0 Å². The number of piperidine rings is 1. The summed E-state index contributed by atoms with van der Waals surface area (Å²) in [5, 5.41) is 3.60. The Kier molecular flexibility index (Phi) is 6.05. The lowest BCUT2D eigenvalue weighted by Crippen LogP contribution is -2.38. The van der Waals surface area contributed by atoms with Gasteiger partial charge in [0.05, 0.1) is 6.54 Å². The number of hydrogen-bond acceptors (Lipinski definition) is 3. The summed E-state index contributed by atoms with van der Waals surface area (Å²) in [4.78, 5) is 7.03. The molecule has 1 aliphatic heterocycles. The average molecular weight is 278 g/mol. The fourth-order valence-corrected chi connectivity index (χ4v) is 2.90. The van der Waals surface area contributed by atoms with Crippen LogP contribution in [0.3, 0.4) is 0 Å². The molecule has 2 rings (SSSR count). The van der Waals surface area contributed by atoms with Crippen molar-refractivity contribution in [2.24, 2.45) is 11.8 Å². The Morgan fingerprint density at radius 1 is 1.35 bits per heavy atom. The Balaban J connectivity index is 1.69. The molecule has 0 radical (unpaired) electrons. The molecule has 0 saturated carbocycles. The Morgan fingerprint density at radius 2 is 2.10 bits per heavy atom. The quantitative estimate of drug-likeness (QED) is 0.831. The summed E-state index contributed by atoms with van der Waals surface area (Å²) >= 11 is 0. The molecule has 0 atom stereocenters. The summed E-state index contributed by atoms with van der Waals surface area (Å²) in [6, 6.07) is 0. The highest BCUT2D eigenvalue weighted by molar-refractivity contribution is 4.92. The molecular weight excluding hydrogens is 248 g/mol. The molecule has 1 N–H and O–H groups in total. The van der Waals surface area contributed by atoms with Crippen LogP contribution in [0.15, 0.2) is 12.4 Å². The highest BCUT2D eigenvalue weighted by atomic mass is 15.2.